The lowest BCUT2D eigenvalue weighted by Crippen LogP contribution is -2.57. The Morgan fingerprint density at radius 1 is 1.08 bits per heavy atom. The fourth-order valence-corrected chi connectivity index (χ4v) is 8.64. The summed E-state index contributed by atoms with van der Waals surface area (Å²) in [6, 6.07) is 8.16. The molecule has 3 amide bonds. The molecule has 6 rings (SSSR count). The van der Waals surface area contributed by atoms with Gasteiger partial charge in [-0.1, -0.05) is 51.7 Å². The first-order valence-electron chi connectivity index (χ1n) is 18.5. The molecule has 0 spiro atoms. The first-order valence-corrected chi connectivity index (χ1v) is 20.1. The van der Waals surface area contributed by atoms with E-state index in [1.165, 1.54) is 0 Å². The average Bonchev–Trinajstić information content (AvgIpc) is 3.58. The Balaban J connectivity index is 1.23. The Morgan fingerprint density at radius 3 is 2.62 bits per heavy atom. The van der Waals surface area contributed by atoms with Crippen LogP contribution in [0.15, 0.2) is 48.7 Å². The van der Waals surface area contributed by atoms with Crippen molar-refractivity contribution in [3.05, 3.63) is 54.4 Å². The van der Waals surface area contributed by atoms with Crippen molar-refractivity contribution in [2.75, 3.05) is 13.7 Å². The number of rotatable bonds is 10. The van der Waals surface area contributed by atoms with Crippen LogP contribution in [0.2, 0.25) is 0 Å². The molecule has 2 fully saturated rings. The highest BCUT2D eigenvalue weighted by Gasteiger charge is 2.61. The van der Waals surface area contributed by atoms with Gasteiger partial charge in [-0.2, -0.15) is 5.10 Å². The Morgan fingerprint density at radius 2 is 1.87 bits per heavy atom. The predicted octanol–water partition coefficient (Wildman–Crippen LogP) is 4.98. The van der Waals surface area contributed by atoms with Crippen molar-refractivity contribution in [1.29, 1.82) is 0 Å². The second-order valence-electron chi connectivity index (χ2n) is 14.5. The summed E-state index contributed by atoms with van der Waals surface area (Å²) in [5, 5.41) is 10.5. The van der Waals surface area contributed by atoms with Crippen molar-refractivity contribution in [2.24, 2.45) is 5.92 Å². The molecule has 2 aliphatic carbocycles. The smallest absolute Gasteiger partial charge is 0.259 e. The number of hydrogen-bond donors (Lipinski definition) is 3. The summed E-state index contributed by atoms with van der Waals surface area (Å²) in [5.74, 6) is -0.0515. The number of fused-ring (bicyclic) bond motifs is 2. The van der Waals surface area contributed by atoms with Crippen LogP contribution in [-0.2, 0) is 24.4 Å². The van der Waals surface area contributed by atoms with E-state index < -0.39 is 38.7 Å². The van der Waals surface area contributed by atoms with Gasteiger partial charge in [-0.3, -0.25) is 19.1 Å². The summed E-state index contributed by atoms with van der Waals surface area (Å²) in [6.45, 7) is 4.17. The largest absolute Gasteiger partial charge is 0.497 e. The van der Waals surface area contributed by atoms with Crippen molar-refractivity contribution in [3.8, 4) is 17.3 Å². The standard InChI is InChI=1S/C38H50N6O7S/c1-25(2)30-18-20-44(42-30)34-23-33(29-17-16-27(50-3)22-32(29)39-34)51-21-19-31-36(46)41-38(37(47)43-52(48,49)28-13-9-7-10-14-28)24-26(38)12-8-5-4-6-11-15-35(45)40-31/h8,12,16-18,20,22-23,25-26,28,31H,4-7,9-11,13-15,19,21,24H2,1-3H3,(H,40,45)(H,41,46)(H,43,47)/b12-8-/t26-,31+,38-/m1/s1. The SMILES string of the molecule is COc1ccc2c(OCC[C@@H]3NC(=O)CCCCC/C=C\[C@@H]4C[C@@]4(C(=O)NS(=O)(=O)C4CCCCC4)NC3=O)cc(-n3ccc(C(C)C)n3)nc2c1. The number of pyridine rings is 1. The maximum Gasteiger partial charge on any atom is 0.259 e. The van der Waals surface area contributed by atoms with Crippen LogP contribution in [0.3, 0.4) is 0 Å². The number of carbonyl (C=O) groups is 3. The van der Waals surface area contributed by atoms with Gasteiger partial charge in [0.25, 0.3) is 5.91 Å². The molecule has 2 aromatic heterocycles. The quantitative estimate of drug-likeness (QED) is 0.243. The van der Waals surface area contributed by atoms with Crippen molar-refractivity contribution in [3.63, 3.8) is 0 Å². The van der Waals surface area contributed by atoms with Crippen molar-refractivity contribution in [1.82, 2.24) is 30.1 Å². The molecule has 3 N–H and O–H groups in total. The molecule has 52 heavy (non-hydrogen) atoms. The van der Waals surface area contributed by atoms with E-state index in [4.69, 9.17) is 14.5 Å². The van der Waals surface area contributed by atoms with E-state index in [1.807, 2.05) is 42.6 Å². The summed E-state index contributed by atoms with van der Waals surface area (Å²) in [4.78, 5) is 45.6. The van der Waals surface area contributed by atoms with E-state index in [9.17, 15) is 22.8 Å². The van der Waals surface area contributed by atoms with Crippen molar-refractivity contribution >= 4 is 38.6 Å². The minimum Gasteiger partial charge on any atom is -0.497 e. The van der Waals surface area contributed by atoms with Gasteiger partial charge in [0.2, 0.25) is 21.8 Å². The molecule has 280 valence electrons. The monoisotopic (exact) mass is 734 g/mol. The number of carbonyl (C=O) groups excluding carboxylic acids is 3. The Hall–Kier alpha value is -4.46. The van der Waals surface area contributed by atoms with Crippen LogP contribution < -0.4 is 24.8 Å². The Bertz CT molecular complexity index is 1920. The number of methoxy groups -OCH3 is 1. The van der Waals surface area contributed by atoms with Gasteiger partial charge in [0.05, 0.1) is 30.2 Å². The molecule has 1 aliphatic heterocycles. The number of benzene rings is 1. The van der Waals surface area contributed by atoms with Crippen molar-refractivity contribution < 1.29 is 32.3 Å². The normalized spacial score (nSPS) is 23.9. The van der Waals surface area contributed by atoms with Gasteiger partial charge in [-0.25, -0.2) is 18.1 Å². The molecule has 0 radical (unpaired) electrons. The molecule has 0 saturated heterocycles. The van der Waals surface area contributed by atoms with Gasteiger partial charge in [-0.15, -0.1) is 0 Å². The van der Waals surface area contributed by atoms with E-state index in [-0.39, 0.29) is 43.6 Å². The molecule has 0 bridgehead atoms. The molecule has 3 atom stereocenters. The number of nitrogens with one attached hydrogen (secondary N) is 3. The summed E-state index contributed by atoms with van der Waals surface area (Å²) in [5.41, 5.74) is 0.107. The van der Waals surface area contributed by atoms with E-state index in [0.717, 1.165) is 49.6 Å². The minimum absolute atomic E-state index is 0.0396. The van der Waals surface area contributed by atoms with Crippen LogP contribution in [0, 0.1) is 5.92 Å². The maximum atomic E-state index is 14.0. The number of hydrogen-bond acceptors (Lipinski definition) is 9. The molecular weight excluding hydrogens is 685 g/mol. The van der Waals surface area contributed by atoms with Gasteiger partial charge in [0.15, 0.2) is 5.82 Å². The highest BCUT2D eigenvalue weighted by Crippen LogP contribution is 2.45. The average molecular weight is 735 g/mol. The number of sulfonamides is 1. The van der Waals surface area contributed by atoms with Crippen LogP contribution >= 0.6 is 0 Å². The van der Waals surface area contributed by atoms with Crippen LogP contribution in [-0.4, -0.2) is 71.5 Å². The van der Waals surface area contributed by atoms with Crippen LogP contribution in [0.1, 0.15) is 103 Å². The first-order chi connectivity index (χ1) is 25.0. The molecule has 13 nitrogen and oxygen atoms in total. The summed E-state index contributed by atoms with van der Waals surface area (Å²) in [7, 11) is -2.34. The first kappa shape index (κ1) is 37.3. The fourth-order valence-electron chi connectivity index (χ4n) is 7.08. The zero-order valence-electron chi connectivity index (χ0n) is 30.2. The third kappa shape index (κ3) is 8.59. The summed E-state index contributed by atoms with van der Waals surface area (Å²) in [6.07, 6.45) is 13.1. The highest BCUT2D eigenvalue weighted by molar-refractivity contribution is 7.90. The van der Waals surface area contributed by atoms with E-state index in [2.05, 4.69) is 34.3 Å². The lowest BCUT2D eigenvalue weighted by Gasteiger charge is -2.26. The Kier molecular flexibility index (Phi) is 11.5. The van der Waals surface area contributed by atoms with Crippen LogP contribution in [0.25, 0.3) is 16.7 Å². The van der Waals surface area contributed by atoms with Gasteiger partial charge in [0.1, 0.15) is 23.1 Å². The molecule has 1 aromatic carbocycles. The van der Waals surface area contributed by atoms with Crippen LogP contribution in [0.5, 0.6) is 11.5 Å². The predicted molar refractivity (Wildman–Crippen MR) is 197 cm³/mol. The zero-order chi connectivity index (χ0) is 36.9. The number of nitrogens with zero attached hydrogens (tertiary/aromatic N) is 3. The Labute approximate surface area is 305 Å². The van der Waals surface area contributed by atoms with Crippen molar-refractivity contribution in [2.45, 2.75) is 114 Å². The fraction of sp³-hybridized carbons (Fsp3) is 0.553. The zero-order valence-corrected chi connectivity index (χ0v) is 31.0. The molecule has 3 aromatic rings. The van der Waals surface area contributed by atoms with Gasteiger partial charge in [0, 0.05) is 42.5 Å². The van der Waals surface area contributed by atoms with E-state index in [0.29, 0.717) is 42.1 Å². The molecular formula is C38H50N6O7S. The second kappa shape index (κ2) is 16.1. The molecule has 3 heterocycles. The third-order valence-electron chi connectivity index (χ3n) is 10.4. The van der Waals surface area contributed by atoms with Gasteiger partial charge < -0.3 is 20.1 Å². The lowest BCUT2D eigenvalue weighted by molar-refractivity contribution is -0.132. The molecule has 14 heteroatoms. The third-order valence-corrected chi connectivity index (χ3v) is 12.2. The van der Waals surface area contributed by atoms with Crippen LogP contribution in [0.4, 0.5) is 0 Å². The topological polar surface area (TPSA) is 171 Å². The van der Waals surface area contributed by atoms with Gasteiger partial charge >= 0.3 is 0 Å². The second-order valence-corrected chi connectivity index (χ2v) is 16.5. The summed E-state index contributed by atoms with van der Waals surface area (Å²) >= 11 is 0. The van der Waals surface area contributed by atoms with Gasteiger partial charge in [-0.05, 0) is 62.6 Å². The number of allylic oxidation sites excluding steroid dienone is 1. The minimum atomic E-state index is -3.92. The number of aromatic nitrogens is 3. The highest BCUT2D eigenvalue weighted by atomic mass is 32.2. The number of ether oxygens (including phenoxy) is 2. The maximum absolute atomic E-state index is 14.0. The van der Waals surface area contributed by atoms with E-state index >= 15 is 0 Å². The molecule has 2 saturated carbocycles. The molecule has 3 aliphatic rings. The molecule has 0 unspecified atom stereocenters. The number of amides is 3. The summed E-state index contributed by atoms with van der Waals surface area (Å²) < 4.78 is 42.3. The lowest BCUT2D eigenvalue weighted by atomic mass is 10.0. The van der Waals surface area contributed by atoms with E-state index in [1.54, 1.807) is 17.9 Å².